The third-order valence-electron chi connectivity index (χ3n) is 4.69. The van der Waals surface area contributed by atoms with Crippen LogP contribution in [0.3, 0.4) is 0 Å². The van der Waals surface area contributed by atoms with Gasteiger partial charge < -0.3 is 0 Å². The number of pyridine rings is 1. The highest BCUT2D eigenvalue weighted by Crippen LogP contribution is 2.43. The first-order chi connectivity index (χ1) is 12.6. The summed E-state index contributed by atoms with van der Waals surface area (Å²) in [6.45, 7) is 8.40. The van der Waals surface area contributed by atoms with Crippen LogP contribution < -0.4 is 0 Å². The van der Waals surface area contributed by atoms with E-state index in [0.717, 1.165) is 45.5 Å². The highest BCUT2D eigenvalue weighted by Gasteiger charge is 2.25. The van der Waals surface area contributed by atoms with Gasteiger partial charge in [0.05, 0.1) is 10.2 Å². The fraction of sp³-hybridized carbons (Fsp3) is 0.450. The number of aryl methyl sites for hydroxylation is 1. The van der Waals surface area contributed by atoms with Crippen molar-refractivity contribution in [3.05, 3.63) is 29.5 Å². The first-order valence-electron chi connectivity index (χ1n) is 9.05. The summed E-state index contributed by atoms with van der Waals surface area (Å²) in [6.07, 6.45) is 8.58. The maximum atomic E-state index is 5.12. The summed E-state index contributed by atoms with van der Waals surface area (Å²) in [5.74, 6) is 1.49. The number of fused-ring (bicyclic) bond motifs is 5. The summed E-state index contributed by atoms with van der Waals surface area (Å²) >= 11 is 5.12. The molecule has 0 saturated heterocycles. The second-order valence-corrected chi connectivity index (χ2v) is 9.82. The minimum absolute atomic E-state index is 0.626. The Bertz CT molecular complexity index is 991. The molecule has 0 amide bonds. The van der Waals surface area contributed by atoms with Crippen LogP contribution in [0.25, 0.3) is 20.4 Å². The van der Waals surface area contributed by atoms with E-state index in [1.54, 1.807) is 34.9 Å². The summed E-state index contributed by atoms with van der Waals surface area (Å²) in [4.78, 5) is 15.9. The minimum atomic E-state index is 0.626. The van der Waals surface area contributed by atoms with Crippen molar-refractivity contribution in [3.63, 3.8) is 0 Å². The van der Waals surface area contributed by atoms with Gasteiger partial charge in [0.15, 0.2) is 5.16 Å². The third kappa shape index (κ3) is 3.16. The Hall–Kier alpha value is -1.11. The average Bonchev–Trinajstić information content (AvgIpc) is 3.23. The Kier molecular flexibility index (Phi) is 5.26. The molecule has 0 fully saturated rings. The SMILES string of the molecule is C=CCSc1nc(SC)nc2c1sc1nc(CC(C)C)c3c(c12)CCC3. The smallest absolute Gasteiger partial charge is 0.189 e. The number of thioether (sulfide) groups is 2. The maximum Gasteiger partial charge on any atom is 0.189 e. The van der Waals surface area contributed by atoms with Gasteiger partial charge in [0.25, 0.3) is 0 Å². The molecule has 6 heteroatoms. The highest BCUT2D eigenvalue weighted by atomic mass is 32.2. The van der Waals surface area contributed by atoms with E-state index in [2.05, 4.69) is 20.4 Å². The predicted molar refractivity (Wildman–Crippen MR) is 116 cm³/mol. The number of nitrogens with zero attached hydrogens (tertiary/aromatic N) is 3. The van der Waals surface area contributed by atoms with Crippen molar-refractivity contribution in [1.82, 2.24) is 15.0 Å². The van der Waals surface area contributed by atoms with Crippen LogP contribution in [0.1, 0.15) is 37.1 Å². The van der Waals surface area contributed by atoms with E-state index in [-0.39, 0.29) is 0 Å². The second-order valence-electron chi connectivity index (χ2n) is 7.04. The largest absolute Gasteiger partial charge is 0.242 e. The molecule has 0 bridgehead atoms. The lowest BCUT2D eigenvalue weighted by Crippen LogP contribution is -2.03. The summed E-state index contributed by atoms with van der Waals surface area (Å²) in [5.41, 5.74) is 5.42. The zero-order valence-corrected chi connectivity index (χ0v) is 17.9. The molecule has 0 N–H and O–H groups in total. The maximum absolute atomic E-state index is 5.12. The van der Waals surface area contributed by atoms with Gasteiger partial charge in [-0.2, -0.15) is 0 Å². The van der Waals surface area contributed by atoms with Crippen molar-refractivity contribution in [2.24, 2.45) is 5.92 Å². The van der Waals surface area contributed by atoms with Crippen LogP contribution in [0.2, 0.25) is 0 Å². The van der Waals surface area contributed by atoms with Gasteiger partial charge in [-0.3, -0.25) is 0 Å². The van der Waals surface area contributed by atoms with Crippen LogP contribution in [0.15, 0.2) is 22.8 Å². The summed E-state index contributed by atoms with van der Waals surface area (Å²) in [7, 11) is 0. The molecular weight excluding hydrogens is 378 g/mol. The molecule has 0 radical (unpaired) electrons. The molecule has 3 nitrogen and oxygen atoms in total. The van der Waals surface area contributed by atoms with Crippen molar-refractivity contribution >= 4 is 55.3 Å². The normalized spacial score (nSPS) is 13.8. The molecule has 0 aliphatic heterocycles. The van der Waals surface area contributed by atoms with Gasteiger partial charge in [0, 0.05) is 16.8 Å². The predicted octanol–water partition coefficient (Wildman–Crippen LogP) is 5.93. The van der Waals surface area contributed by atoms with Crippen molar-refractivity contribution in [2.75, 3.05) is 12.0 Å². The molecule has 1 aliphatic rings. The van der Waals surface area contributed by atoms with E-state index in [9.17, 15) is 0 Å². The Morgan fingerprint density at radius 2 is 2.00 bits per heavy atom. The average molecular weight is 402 g/mol. The van der Waals surface area contributed by atoms with Gasteiger partial charge in [-0.25, -0.2) is 15.0 Å². The van der Waals surface area contributed by atoms with Gasteiger partial charge in [-0.1, -0.05) is 31.7 Å². The molecule has 1 aliphatic carbocycles. The first-order valence-corrected chi connectivity index (χ1v) is 12.1. The van der Waals surface area contributed by atoms with Crippen LogP contribution >= 0.6 is 34.9 Å². The van der Waals surface area contributed by atoms with Crippen LogP contribution in [-0.2, 0) is 19.3 Å². The molecule has 0 aromatic carbocycles. The second kappa shape index (κ2) is 7.49. The quantitative estimate of drug-likeness (QED) is 0.222. The summed E-state index contributed by atoms with van der Waals surface area (Å²) < 4.78 is 1.19. The number of hydrogen-bond donors (Lipinski definition) is 0. The number of rotatable bonds is 6. The monoisotopic (exact) mass is 401 g/mol. The molecule has 0 spiro atoms. The van der Waals surface area contributed by atoms with Gasteiger partial charge in [-0.05, 0) is 49.0 Å². The Morgan fingerprint density at radius 3 is 2.73 bits per heavy atom. The standard InChI is InChI=1S/C20H23N3S3/c1-5-9-25-19-17-16(22-20(23-19)24-4)15-13-8-6-7-12(13)14(10-11(2)3)21-18(15)26-17/h5,11H,1,6-10H2,2-4H3. The lowest BCUT2D eigenvalue weighted by molar-refractivity contribution is 0.632. The molecule has 4 rings (SSSR count). The van der Waals surface area contributed by atoms with E-state index in [1.807, 2.05) is 12.3 Å². The molecule has 0 unspecified atom stereocenters. The van der Waals surface area contributed by atoms with Crippen molar-refractivity contribution in [3.8, 4) is 0 Å². The molecule has 0 saturated carbocycles. The van der Waals surface area contributed by atoms with Crippen molar-refractivity contribution < 1.29 is 0 Å². The molecule has 0 atom stereocenters. The van der Waals surface area contributed by atoms with Crippen LogP contribution in [0.5, 0.6) is 0 Å². The zero-order valence-electron chi connectivity index (χ0n) is 15.5. The first kappa shape index (κ1) is 18.3. The van der Waals surface area contributed by atoms with Gasteiger partial charge in [0.2, 0.25) is 0 Å². The van der Waals surface area contributed by atoms with E-state index in [4.69, 9.17) is 15.0 Å². The number of hydrogen-bond acceptors (Lipinski definition) is 6. The zero-order chi connectivity index (χ0) is 18.3. The van der Waals surface area contributed by atoms with Crippen molar-refractivity contribution in [2.45, 2.75) is 49.7 Å². The Labute approximate surface area is 167 Å². The van der Waals surface area contributed by atoms with Crippen LogP contribution in [0.4, 0.5) is 0 Å². The molecule has 3 aromatic rings. The van der Waals surface area contributed by atoms with Crippen molar-refractivity contribution in [1.29, 1.82) is 0 Å². The van der Waals surface area contributed by atoms with E-state index in [1.165, 1.54) is 33.3 Å². The molecular formula is C20H23N3S3. The van der Waals surface area contributed by atoms with Gasteiger partial charge in [-0.15, -0.1) is 29.7 Å². The molecule has 3 heterocycles. The van der Waals surface area contributed by atoms with Crippen LogP contribution in [-0.4, -0.2) is 27.0 Å². The lowest BCUT2D eigenvalue weighted by Gasteiger charge is -2.11. The number of thiophene rings is 1. The van der Waals surface area contributed by atoms with Gasteiger partial charge in [0.1, 0.15) is 9.86 Å². The van der Waals surface area contributed by atoms with E-state index < -0.39 is 0 Å². The fourth-order valence-electron chi connectivity index (χ4n) is 3.68. The summed E-state index contributed by atoms with van der Waals surface area (Å²) in [6, 6.07) is 0. The Morgan fingerprint density at radius 1 is 1.19 bits per heavy atom. The number of aromatic nitrogens is 3. The lowest BCUT2D eigenvalue weighted by atomic mass is 9.99. The highest BCUT2D eigenvalue weighted by molar-refractivity contribution is 8.00. The molecule has 26 heavy (non-hydrogen) atoms. The van der Waals surface area contributed by atoms with E-state index in [0.29, 0.717) is 5.92 Å². The molecule has 136 valence electrons. The van der Waals surface area contributed by atoms with E-state index >= 15 is 0 Å². The van der Waals surface area contributed by atoms with Gasteiger partial charge >= 0.3 is 0 Å². The molecule has 3 aromatic heterocycles. The minimum Gasteiger partial charge on any atom is -0.242 e. The Balaban J connectivity index is 2.01. The third-order valence-corrected chi connectivity index (χ3v) is 7.42. The van der Waals surface area contributed by atoms with Crippen LogP contribution in [0, 0.1) is 5.92 Å². The fourth-order valence-corrected chi connectivity index (χ4v) is 6.11. The topological polar surface area (TPSA) is 38.7 Å². The summed E-state index contributed by atoms with van der Waals surface area (Å²) in [5, 5.41) is 3.21.